The SMILES string of the molecule is CC(C)c1ncc(Cl)c(C(=O)OC2COC2)n1. The van der Waals surface area contributed by atoms with Crippen LogP contribution in [0.4, 0.5) is 0 Å². The van der Waals surface area contributed by atoms with Crippen molar-refractivity contribution in [2.45, 2.75) is 25.9 Å². The Balaban J connectivity index is 2.17. The summed E-state index contributed by atoms with van der Waals surface area (Å²) in [6, 6.07) is 0. The van der Waals surface area contributed by atoms with Gasteiger partial charge in [0.25, 0.3) is 0 Å². The first-order valence-electron chi connectivity index (χ1n) is 5.39. The summed E-state index contributed by atoms with van der Waals surface area (Å²) in [5, 5.41) is 0.208. The summed E-state index contributed by atoms with van der Waals surface area (Å²) in [6.45, 7) is 4.76. The number of carbonyl (C=O) groups excluding carboxylic acids is 1. The van der Waals surface area contributed by atoms with Crippen LogP contribution < -0.4 is 0 Å². The molecule has 0 unspecified atom stereocenters. The number of hydrogen-bond acceptors (Lipinski definition) is 5. The van der Waals surface area contributed by atoms with E-state index >= 15 is 0 Å². The van der Waals surface area contributed by atoms with Crippen LogP contribution >= 0.6 is 11.6 Å². The second-order valence-electron chi connectivity index (χ2n) is 4.14. The van der Waals surface area contributed by atoms with Crippen molar-refractivity contribution in [2.24, 2.45) is 0 Å². The molecule has 2 rings (SSSR count). The van der Waals surface area contributed by atoms with E-state index in [1.54, 1.807) is 0 Å². The monoisotopic (exact) mass is 256 g/mol. The fourth-order valence-electron chi connectivity index (χ4n) is 1.29. The zero-order valence-electron chi connectivity index (χ0n) is 9.64. The minimum atomic E-state index is -0.521. The van der Waals surface area contributed by atoms with Gasteiger partial charge in [-0.1, -0.05) is 25.4 Å². The minimum absolute atomic E-state index is 0.122. The third kappa shape index (κ3) is 2.73. The zero-order valence-corrected chi connectivity index (χ0v) is 10.4. The number of ether oxygens (including phenoxy) is 2. The molecule has 1 aliphatic rings. The molecule has 0 amide bonds. The van der Waals surface area contributed by atoms with E-state index < -0.39 is 5.97 Å². The van der Waals surface area contributed by atoms with Gasteiger partial charge < -0.3 is 9.47 Å². The van der Waals surface area contributed by atoms with Crippen LogP contribution in [0.2, 0.25) is 5.02 Å². The normalized spacial score (nSPS) is 15.8. The number of esters is 1. The summed E-state index contributed by atoms with van der Waals surface area (Å²) in [5.41, 5.74) is 0.122. The molecule has 2 heterocycles. The van der Waals surface area contributed by atoms with Crippen molar-refractivity contribution in [1.29, 1.82) is 0 Å². The van der Waals surface area contributed by atoms with E-state index in [0.29, 0.717) is 19.0 Å². The van der Waals surface area contributed by atoms with E-state index in [-0.39, 0.29) is 22.7 Å². The summed E-state index contributed by atoms with van der Waals surface area (Å²) in [4.78, 5) is 20.0. The van der Waals surface area contributed by atoms with Crippen molar-refractivity contribution in [3.8, 4) is 0 Å². The molecule has 1 aliphatic heterocycles. The second-order valence-corrected chi connectivity index (χ2v) is 4.55. The summed E-state index contributed by atoms with van der Waals surface area (Å²) in [7, 11) is 0. The molecule has 17 heavy (non-hydrogen) atoms. The van der Waals surface area contributed by atoms with Crippen LogP contribution in [0.3, 0.4) is 0 Å². The number of rotatable bonds is 3. The van der Waals surface area contributed by atoms with Gasteiger partial charge in [-0.05, 0) is 0 Å². The van der Waals surface area contributed by atoms with Crippen molar-refractivity contribution < 1.29 is 14.3 Å². The first kappa shape index (κ1) is 12.3. The fourth-order valence-corrected chi connectivity index (χ4v) is 1.46. The second kappa shape index (κ2) is 4.98. The third-order valence-corrected chi connectivity index (χ3v) is 2.63. The van der Waals surface area contributed by atoms with Crippen LogP contribution in [-0.2, 0) is 9.47 Å². The van der Waals surface area contributed by atoms with Gasteiger partial charge >= 0.3 is 5.97 Å². The molecular weight excluding hydrogens is 244 g/mol. The van der Waals surface area contributed by atoms with Crippen LogP contribution in [0.15, 0.2) is 6.20 Å². The minimum Gasteiger partial charge on any atom is -0.453 e. The maximum Gasteiger partial charge on any atom is 0.359 e. The molecule has 0 radical (unpaired) electrons. The zero-order chi connectivity index (χ0) is 12.4. The predicted octanol–water partition coefficient (Wildman–Crippen LogP) is 1.81. The molecule has 1 saturated heterocycles. The van der Waals surface area contributed by atoms with Crippen molar-refractivity contribution >= 4 is 17.6 Å². The lowest BCUT2D eigenvalue weighted by atomic mass is 10.2. The van der Waals surface area contributed by atoms with Gasteiger partial charge in [-0.25, -0.2) is 14.8 Å². The lowest BCUT2D eigenvalue weighted by Gasteiger charge is -2.25. The summed E-state index contributed by atoms with van der Waals surface area (Å²) in [5.74, 6) is 0.185. The van der Waals surface area contributed by atoms with Crippen LogP contribution in [0.25, 0.3) is 0 Å². The van der Waals surface area contributed by atoms with Crippen molar-refractivity contribution in [2.75, 3.05) is 13.2 Å². The lowest BCUT2D eigenvalue weighted by Crippen LogP contribution is -2.38. The predicted molar refractivity (Wildman–Crippen MR) is 61.2 cm³/mol. The van der Waals surface area contributed by atoms with Gasteiger partial charge in [-0.3, -0.25) is 0 Å². The standard InChI is InChI=1S/C11H13ClN2O3/c1-6(2)10-13-3-8(12)9(14-10)11(15)17-7-4-16-5-7/h3,6-7H,4-5H2,1-2H3. The Morgan fingerprint density at radius 3 is 2.82 bits per heavy atom. The molecule has 0 saturated carbocycles. The molecule has 92 valence electrons. The highest BCUT2D eigenvalue weighted by Crippen LogP contribution is 2.18. The van der Waals surface area contributed by atoms with Crippen LogP contribution in [0, 0.1) is 0 Å². The average molecular weight is 257 g/mol. The molecule has 0 atom stereocenters. The Kier molecular flexibility index (Phi) is 3.59. The van der Waals surface area contributed by atoms with Crippen LogP contribution in [0.5, 0.6) is 0 Å². The van der Waals surface area contributed by atoms with Gasteiger partial charge in [0.2, 0.25) is 0 Å². The Labute approximate surface area is 104 Å². The molecule has 0 aliphatic carbocycles. The quantitative estimate of drug-likeness (QED) is 0.772. The maximum absolute atomic E-state index is 11.8. The molecule has 0 bridgehead atoms. The maximum atomic E-state index is 11.8. The first-order valence-corrected chi connectivity index (χ1v) is 5.77. The molecule has 5 nitrogen and oxygen atoms in total. The largest absolute Gasteiger partial charge is 0.453 e. The molecule has 0 aromatic carbocycles. The van der Waals surface area contributed by atoms with E-state index in [4.69, 9.17) is 21.1 Å². The van der Waals surface area contributed by atoms with E-state index in [2.05, 4.69) is 9.97 Å². The summed E-state index contributed by atoms with van der Waals surface area (Å²) >= 11 is 5.88. The highest BCUT2D eigenvalue weighted by Gasteiger charge is 2.25. The van der Waals surface area contributed by atoms with Crippen molar-refractivity contribution in [3.05, 3.63) is 22.7 Å². The average Bonchev–Trinajstić information content (AvgIpc) is 2.23. The number of aromatic nitrogens is 2. The molecule has 1 fully saturated rings. The Bertz CT molecular complexity index is 433. The Hall–Kier alpha value is -1.20. The van der Waals surface area contributed by atoms with Crippen molar-refractivity contribution in [1.82, 2.24) is 9.97 Å². The van der Waals surface area contributed by atoms with Gasteiger partial charge in [0.1, 0.15) is 11.9 Å². The highest BCUT2D eigenvalue weighted by molar-refractivity contribution is 6.33. The number of halogens is 1. The van der Waals surface area contributed by atoms with Gasteiger partial charge in [-0.15, -0.1) is 0 Å². The summed E-state index contributed by atoms with van der Waals surface area (Å²) < 4.78 is 10.1. The van der Waals surface area contributed by atoms with E-state index in [0.717, 1.165) is 0 Å². The van der Waals surface area contributed by atoms with Gasteiger partial charge in [0.05, 0.1) is 24.4 Å². The smallest absolute Gasteiger partial charge is 0.359 e. The molecule has 1 aromatic rings. The molecule has 0 N–H and O–H groups in total. The van der Waals surface area contributed by atoms with Gasteiger partial charge in [-0.2, -0.15) is 0 Å². The fraction of sp³-hybridized carbons (Fsp3) is 0.545. The lowest BCUT2D eigenvalue weighted by molar-refractivity contribution is -0.103. The first-order chi connectivity index (χ1) is 8.08. The van der Waals surface area contributed by atoms with Crippen LogP contribution in [0.1, 0.15) is 36.1 Å². The molecule has 1 aromatic heterocycles. The topological polar surface area (TPSA) is 61.3 Å². The molecule has 6 heteroatoms. The Morgan fingerprint density at radius 2 is 2.29 bits per heavy atom. The van der Waals surface area contributed by atoms with E-state index in [1.807, 2.05) is 13.8 Å². The van der Waals surface area contributed by atoms with E-state index in [1.165, 1.54) is 6.20 Å². The molecule has 0 spiro atoms. The van der Waals surface area contributed by atoms with Crippen LogP contribution in [-0.4, -0.2) is 35.3 Å². The Morgan fingerprint density at radius 1 is 1.59 bits per heavy atom. The number of hydrogen-bond donors (Lipinski definition) is 0. The highest BCUT2D eigenvalue weighted by atomic mass is 35.5. The van der Waals surface area contributed by atoms with Crippen molar-refractivity contribution in [3.63, 3.8) is 0 Å². The molecular formula is C11H13ClN2O3. The summed E-state index contributed by atoms with van der Waals surface area (Å²) in [6.07, 6.45) is 1.24. The number of nitrogens with zero attached hydrogens (tertiary/aromatic N) is 2. The van der Waals surface area contributed by atoms with E-state index in [9.17, 15) is 4.79 Å². The van der Waals surface area contributed by atoms with Gasteiger partial charge in [0.15, 0.2) is 5.69 Å². The third-order valence-electron chi connectivity index (χ3n) is 2.35. The number of carbonyl (C=O) groups is 1. The van der Waals surface area contributed by atoms with Gasteiger partial charge in [0, 0.05) is 5.92 Å².